The van der Waals surface area contributed by atoms with Gasteiger partial charge in [-0.05, 0) is 24.7 Å². The van der Waals surface area contributed by atoms with Crippen molar-refractivity contribution in [3.05, 3.63) is 11.8 Å². The maximum atomic E-state index is 11.5. The SMILES string of the molecule is CC(C)c1cc(N2CCC[C@H](CS(C)(=O)=O)C2)nc(N)n1. The van der Waals surface area contributed by atoms with Crippen LogP contribution in [0.25, 0.3) is 0 Å². The molecule has 0 aliphatic carbocycles. The first-order valence-electron chi connectivity index (χ1n) is 7.31. The van der Waals surface area contributed by atoms with Gasteiger partial charge < -0.3 is 10.6 Å². The normalized spacial score (nSPS) is 20.0. The Balaban J connectivity index is 2.17. The van der Waals surface area contributed by atoms with E-state index in [0.29, 0.717) is 6.54 Å². The highest BCUT2D eigenvalue weighted by Gasteiger charge is 2.24. The molecule has 0 radical (unpaired) electrons. The van der Waals surface area contributed by atoms with Crippen molar-refractivity contribution >= 4 is 21.6 Å². The molecule has 6 nitrogen and oxygen atoms in total. The van der Waals surface area contributed by atoms with Crippen LogP contribution in [0.4, 0.5) is 11.8 Å². The average Bonchev–Trinajstić information content (AvgIpc) is 2.36. The minimum Gasteiger partial charge on any atom is -0.368 e. The number of hydrogen-bond donors (Lipinski definition) is 1. The maximum Gasteiger partial charge on any atom is 0.222 e. The summed E-state index contributed by atoms with van der Waals surface area (Å²) < 4.78 is 23.0. The van der Waals surface area contributed by atoms with Gasteiger partial charge in [0.15, 0.2) is 0 Å². The van der Waals surface area contributed by atoms with E-state index in [4.69, 9.17) is 5.73 Å². The van der Waals surface area contributed by atoms with E-state index in [1.165, 1.54) is 6.26 Å². The largest absolute Gasteiger partial charge is 0.368 e. The summed E-state index contributed by atoms with van der Waals surface area (Å²) in [5, 5.41) is 0. The Morgan fingerprint density at radius 3 is 2.76 bits per heavy atom. The van der Waals surface area contributed by atoms with Crippen LogP contribution in [0, 0.1) is 5.92 Å². The molecular weight excluding hydrogens is 288 g/mol. The molecule has 0 aromatic carbocycles. The Morgan fingerprint density at radius 1 is 1.43 bits per heavy atom. The zero-order valence-electron chi connectivity index (χ0n) is 12.9. The number of hydrogen-bond acceptors (Lipinski definition) is 6. The summed E-state index contributed by atoms with van der Waals surface area (Å²) in [5.74, 6) is 1.77. The fraction of sp³-hybridized carbons (Fsp3) is 0.714. The van der Waals surface area contributed by atoms with Crippen LogP contribution in [0.2, 0.25) is 0 Å². The molecule has 2 rings (SSSR count). The standard InChI is InChI=1S/C14H24N4O2S/c1-10(2)12-7-13(17-14(15)16-12)18-6-4-5-11(8-18)9-21(3,19)20/h7,10-11H,4-6,8-9H2,1-3H3,(H2,15,16,17)/t11-/m0/s1. The fourth-order valence-electron chi connectivity index (χ4n) is 2.77. The first-order valence-corrected chi connectivity index (χ1v) is 9.38. The summed E-state index contributed by atoms with van der Waals surface area (Å²) in [6.07, 6.45) is 3.22. The van der Waals surface area contributed by atoms with Crippen LogP contribution in [-0.4, -0.2) is 43.5 Å². The average molecular weight is 312 g/mol. The van der Waals surface area contributed by atoms with Crippen molar-refractivity contribution in [3.8, 4) is 0 Å². The van der Waals surface area contributed by atoms with E-state index in [-0.39, 0.29) is 23.5 Å². The fourth-order valence-corrected chi connectivity index (χ4v) is 3.89. The number of sulfone groups is 1. The van der Waals surface area contributed by atoms with Gasteiger partial charge in [-0.2, -0.15) is 4.98 Å². The molecule has 1 aromatic rings. The summed E-state index contributed by atoms with van der Waals surface area (Å²) in [6.45, 7) is 5.72. The van der Waals surface area contributed by atoms with Crippen LogP contribution in [0.5, 0.6) is 0 Å². The van der Waals surface area contributed by atoms with Gasteiger partial charge in [0.05, 0.1) is 11.4 Å². The molecule has 1 aromatic heterocycles. The van der Waals surface area contributed by atoms with Gasteiger partial charge in [-0.25, -0.2) is 13.4 Å². The lowest BCUT2D eigenvalue weighted by molar-refractivity contribution is 0.442. The van der Waals surface area contributed by atoms with Gasteiger partial charge in [-0.1, -0.05) is 13.8 Å². The highest BCUT2D eigenvalue weighted by molar-refractivity contribution is 7.90. The third-order valence-corrected chi connectivity index (χ3v) is 4.80. The second-order valence-corrected chi connectivity index (χ2v) is 8.40. The lowest BCUT2D eigenvalue weighted by Gasteiger charge is -2.33. The lowest BCUT2D eigenvalue weighted by atomic mass is 10.00. The van der Waals surface area contributed by atoms with E-state index in [1.54, 1.807) is 0 Å². The molecule has 21 heavy (non-hydrogen) atoms. The van der Waals surface area contributed by atoms with Crippen molar-refractivity contribution in [2.24, 2.45) is 5.92 Å². The van der Waals surface area contributed by atoms with E-state index in [9.17, 15) is 8.42 Å². The highest BCUT2D eigenvalue weighted by Crippen LogP contribution is 2.25. The molecule has 0 spiro atoms. The smallest absolute Gasteiger partial charge is 0.222 e. The first-order chi connectivity index (χ1) is 9.74. The minimum absolute atomic E-state index is 0.160. The van der Waals surface area contributed by atoms with Gasteiger partial charge in [0.2, 0.25) is 5.95 Å². The molecule has 1 saturated heterocycles. The number of nitrogens with two attached hydrogens (primary N) is 1. The zero-order valence-corrected chi connectivity index (χ0v) is 13.7. The second kappa shape index (κ2) is 6.17. The van der Waals surface area contributed by atoms with Crippen molar-refractivity contribution in [3.63, 3.8) is 0 Å². The Kier molecular flexibility index (Phi) is 4.70. The zero-order chi connectivity index (χ0) is 15.6. The van der Waals surface area contributed by atoms with Crippen molar-refractivity contribution in [1.29, 1.82) is 0 Å². The van der Waals surface area contributed by atoms with Crippen LogP contribution >= 0.6 is 0 Å². The molecule has 1 atom stereocenters. The predicted molar refractivity (Wildman–Crippen MR) is 85.2 cm³/mol. The Hall–Kier alpha value is -1.37. The van der Waals surface area contributed by atoms with E-state index < -0.39 is 9.84 Å². The number of nitrogens with zero attached hydrogens (tertiary/aromatic N) is 3. The van der Waals surface area contributed by atoms with Gasteiger partial charge in [0.1, 0.15) is 15.7 Å². The van der Waals surface area contributed by atoms with E-state index in [2.05, 4.69) is 28.7 Å². The van der Waals surface area contributed by atoms with Gasteiger partial charge in [-0.3, -0.25) is 0 Å². The number of anilines is 2. The first kappa shape index (κ1) is 16.0. The molecular formula is C14H24N4O2S. The molecule has 0 unspecified atom stereocenters. The Bertz CT molecular complexity index is 601. The van der Waals surface area contributed by atoms with Gasteiger partial charge >= 0.3 is 0 Å². The van der Waals surface area contributed by atoms with E-state index in [0.717, 1.165) is 30.9 Å². The Morgan fingerprint density at radius 2 is 2.14 bits per heavy atom. The lowest BCUT2D eigenvalue weighted by Crippen LogP contribution is -2.38. The van der Waals surface area contributed by atoms with Crippen molar-refractivity contribution in [2.45, 2.75) is 32.6 Å². The molecule has 2 N–H and O–H groups in total. The third kappa shape index (κ3) is 4.56. The van der Waals surface area contributed by atoms with Crippen molar-refractivity contribution in [1.82, 2.24) is 9.97 Å². The topological polar surface area (TPSA) is 89.2 Å². The van der Waals surface area contributed by atoms with E-state index in [1.807, 2.05) is 6.07 Å². The van der Waals surface area contributed by atoms with Crippen LogP contribution in [0.3, 0.4) is 0 Å². The highest BCUT2D eigenvalue weighted by atomic mass is 32.2. The molecule has 1 fully saturated rings. The second-order valence-electron chi connectivity index (χ2n) is 6.21. The minimum atomic E-state index is -2.94. The van der Waals surface area contributed by atoms with Crippen molar-refractivity contribution < 1.29 is 8.42 Å². The molecule has 118 valence electrons. The summed E-state index contributed by atoms with van der Waals surface area (Å²) >= 11 is 0. The molecule has 7 heteroatoms. The summed E-state index contributed by atoms with van der Waals surface area (Å²) in [6, 6.07) is 1.96. The number of piperidine rings is 1. The number of aromatic nitrogens is 2. The molecule has 1 aliphatic rings. The van der Waals surface area contributed by atoms with Crippen LogP contribution < -0.4 is 10.6 Å². The van der Waals surface area contributed by atoms with Gasteiger partial charge in [-0.15, -0.1) is 0 Å². The van der Waals surface area contributed by atoms with Crippen LogP contribution in [0.15, 0.2) is 6.07 Å². The molecule has 0 bridgehead atoms. The number of nitrogen functional groups attached to an aromatic ring is 1. The summed E-state index contributed by atoms with van der Waals surface area (Å²) in [4.78, 5) is 10.7. The number of rotatable bonds is 4. The molecule has 2 heterocycles. The van der Waals surface area contributed by atoms with Crippen molar-refractivity contribution in [2.75, 3.05) is 35.7 Å². The molecule has 1 aliphatic heterocycles. The van der Waals surface area contributed by atoms with Crippen LogP contribution in [0.1, 0.15) is 38.3 Å². The van der Waals surface area contributed by atoms with Gasteiger partial charge in [0.25, 0.3) is 0 Å². The predicted octanol–water partition coefficient (Wildman–Crippen LogP) is 1.44. The summed E-state index contributed by atoms with van der Waals surface area (Å²) in [7, 11) is -2.94. The maximum absolute atomic E-state index is 11.5. The Labute approximate surface area is 126 Å². The monoisotopic (exact) mass is 312 g/mol. The van der Waals surface area contributed by atoms with Gasteiger partial charge in [0, 0.05) is 25.4 Å². The molecule has 0 saturated carbocycles. The molecule has 0 amide bonds. The quantitative estimate of drug-likeness (QED) is 0.905. The summed E-state index contributed by atoms with van der Waals surface area (Å²) in [5.41, 5.74) is 6.71. The van der Waals surface area contributed by atoms with E-state index >= 15 is 0 Å². The van der Waals surface area contributed by atoms with Crippen LogP contribution in [-0.2, 0) is 9.84 Å². The third-order valence-electron chi connectivity index (χ3n) is 3.72.